The highest BCUT2D eigenvalue weighted by Crippen LogP contribution is 2.27. The zero-order valence-corrected chi connectivity index (χ0v) is 11.2. The van der Waals surface area contributed by atoms with Crippen molar-refractivity contribution in [2.75, 3.05) is 0 Å². The van der Waals surface area contributed by atoms with E-state index in [9.17, 15) is 9.59 Å². The molecule has 1 aliphatic rings. The molecule has 1 aromatic carbocycles. The lowest BCUT2D eigenvalue weighted by molar-refractivity contribution is 0.0696. The summed E-state index contributed by atoms with van der Waals surface area (Å²) >= 11 is 0. The van der Waals surface area contributed by atoms with E-state index in [1.807, 2.05) is 6.07 Å². The van der Waals surface area contributed by atoms with Crippen LogP contribution in [0.2, 0.25) is 0 Å². The highest BCUT2D eigenvalue weighted by Gasteiger charge is 2.14. The van der Waals surface area contributed by atoms with Crippen LogP contribution in [0.25, 0.3) is 11.3 Å². The van der Waals surface area contributed by atoms with Crippen molar-refractivity contribution < 1.29 is 9.90 Å². The van der Waals surface area contributed by atoms with Gasteiger partial charge in [-0.05, 0) is 48.1 Å². The Morgan fingerprint density at radius 1 is 1.15 bits per heavy atom. The van der Waals surface area contributed by atoms with Gasteiger partial charge in [0.05, 0.1) is 11.3 Å². The average Bonchev–Trinajstić information content (AvgIpc) is 2.88. The highest BCUT2D eigenvalue weighted by atomic mass is 16.4. The van der Waals surface area contributed by atoms with Crippen molar-refractivity contribution in [3.05, 3.63) is 57.4 Å². The van der Waals surface area contributed by atoms with E-state index in [1.54, 1.807) is 13.1 Å². The Morgan fingerprint density at radius 2 is 1.90 bits per heavy atom. The third-order valence-corrected chi connectivity index (χ3v) is 3.90. The van der Waals surface area contributed by atoms with Crippen LogP contribution < -0.4 is 5.56 Å². The predicted molar refractivity (Wildman–Crippen MR) is 76.1 cm³/mol. The van der Waals surface area contributed by atoms with Gasteiger partial charge in [0.2, 0.25) is 0 Å². The van der Waals surface area contributed by atoms with E-state index in [-0.39, 0.29) is 11.1 Å². The fourth-order valence-corrected chi connectivity index (χ4v) is 2.77. The number of carbonyl (C=O) groups is 1. The third kappa shape index (κ3) is 2.03. The molecule has 3 rings (SSSR count). The summed E-state index contributed by atoms with van der Waals surface area (Å²) < 4.78 is 1.49. The lowest BCUT2D eigenvalue weighted by atomic mass is 10.0. The van der Waals surface area contributed by atoms with Gasteiger partial charge < -0.3 is 9.67 Å². The fraction of sp³-hybridized carbons (Fsp3) is 0.250. The lowest BCUT2D eigenvalue weighted by Gasteiger charge is -2.11. The number of hydrogen-bond donors (Lipinski definition) is 1. The lowest BCUT2D eigenvalue weighted by Crippen LogP contribution is -2.19. The van der Waals surface area contributed by atoms with Gasteiger partial charge in [-0.3, -0.25) is 4.79 Å². The summed E-state index contributed by atoms with van der Waals surface area (Å²) in [5.41, 5.74) is 3.92. The topological polar surface area (TPSA) is 59.3 Å². The fourth-order valence-electron chi connectivity index (χ4n) is 2.77. The molecule has 1 aromatic heterocycles. The maximum absolute atomic E-state index is 11.9. The van der Waals surface area contributed by atoms with Crippen molar-refractivity contribution in [2.24, 2.45) is 7.05 Å². The van der Waals surface area contributed by atoms with Crippen LogP contribution in [0, 0.1) is 0 Å². The Hall–Kier alpha value is -2.36. The summed E-state index contributed by atoms with van der Waals surface area (Å²) in [5, 5.41) is 9.08. The SMILES string of the molecule is Cn1c(-c2ccc3c(c2)CCC3)cc(C(=O)O)cc1=O. The number of nitrogens with zero attached hydrogens (tertiary/aromatic N) is 1. The molecular formula is C16H15NO3. The van der Waals surface area contributed by atoms with E-state index in [2.05, 4.69) is 12.1 Å². The number of hydrogen-bond acceptors (Lipinski definition) is 2. The molecule has 0 aliphatic heterocycles. The largest absolute Gasteiger partial charge is 0.478 e. The van der Waals surface area contributed by atoms with Gasteiger partial charge in [-0.1, -0.05) is 12.1 Å². The second kappa shape index (κ2) is 4.63. The van der Waals surface area contributed by atoms with Gasteiger partial charge in [-0.15, -0.1) is 0 Å². The van der Waals surface area contributed by atoms with Crippen LogP contribution in [0.1, 0.15) is 27.9 Å². The van der Waals surface area contributed by atoms with Gasteiger partial charge in [0.15, 0.2) is 0 Å². The molecular weight excluding hydrogens is 254 g/mol. The minimum absolute atomic E-state index is 0.0311. The van der Waals surface area contributed by atoms with Crippen molar-refractivity contribution in [2.45, 2.75) is 19.3 Å². The molecule has 20 heavy (non-hydrogen) atoms. The molecule has 0 fully saturated rings. The van der Waals surface area contributed by atoms with Crippen molar-refractivity contribution >= 4 is 5.97 Å². The molecule has 0 bridgehead atoms. The van der Waals surface area contributed by atoms with Crippen LogP contribution >= 0.6 is 0 Å². The zero-order chi connectivity index (χ0) is 14.3. The smallest absolute Gasteiger partial charge is 0.335 e. The van der Waals surface area contributed by atoms with Crippen molar-refractivity contribution in [1.82, 2.24) is 4.57 Å². The van der Waals surface area contributed by atoms with Crippen LogP contribution in [0.5, 0.6) is 0 Å². The summed E-state index contributed by atoms with van der Waals surface area (Å²) in [7, 11) is 1.66. The standard InChI is InChI=1S/C16H15NO3/c1-17-14(8-13(16(19)20)9-15(17)18)12-6-5-10-3-2-4-11(10)7-12/h5-9H,2-4H2,1H3,(H,19,20). The number of rotatable bonds is 2. The number of fused-ring (bicyclic) bond motifs is 1. The minimum Gasteiger partial charge on any atom is -0.478 e. The predicted octanol–water partition coefficient (Wildman–Crippen LogP) is 2.24. The molecule has 0 radical (unpaired) electrons. The number of pyridine rings is 1. The Balaban J connectivity index is 2.19. The maximum atomic E-state index is 11.9. The second-order valence-corrected chi connectivity index (χ2v) is 5.17. The number of aromatic nitrogens is 1. The molecule has 102 valence electrons. The summed E-state index contributed by atoms with van der Waals surface area (Å²) in [4.78, 5) is 23.0. The summed E-state index contributed by atoms with van der Waals surface area (Å²) in [6.07, 6.45) is 3.31. The summed E-state index contributed by atoms with van der Waals surface area (Å²) in [6, 6.07) is 8.82. The molecule has 0 unspecified atom stereocenters. The monoisotopic (exact) mass is 269 g/mol. The molecule has 4 nitrogen and oxygen atoms in total. The average molecular weight is 269 g/mol. The number of carboxylic acids is 1. The third-order valence-electron chi connectivity index (χ3n) is 3.90. The quantitative estimate of drug-likeness (QED) is 0.909. The van der Waals surface area contributed by atoms with Gasteiger partial charge in [0.1, 0.15) is 0 Å². The Kier molecular flexibility index (Phi) is 2.93. The molecule has 0 spiro atoms. The van der Waals surface area contributed by atoms with Gasteiger partial charge in [-0.25, -0.2) is 4.79 Å². The molecule has 1 N–H and O–H groups in total. The van der Waals surface area contributed by atoms with E-state index in [0.29, 0.717) is 5.69 Å². The molecule has 4 heteroatoms. The second-order valence-electron chi connectivity index (χ2n) is 5.17. The van der Waals surface area contributed by atoms with E-state index in [4.69, 9.17) is 5.11 Å². The molecule has 0 atom stereocenters. The number of aromatic carboxylic acids is 1. The highest BCUT2D eigenvalue weighted by molar-refractivity contribution is 5.88. The van der Waals surface area contributed by atoms with Gasteiger partial charge in [0, 0.05) is 13.1 Å². The van der Waals surface area contributed by atoms with Crippen LogP contribution in [-0.4, -0.2) is 15.6 Å². The zero-order valence-electron chi connectivity index (χ0n) is 11.2. The first-order valence-corrected chi connectivity index (χ1v) is 6.63. The normalized spacial score (nSPS) is 13.2. The first-order valence-electron chi connectivity index (χ1n) is 6.63. The molecule has 2 aromatic rings. The van der Waals surface area contributed by atoms with Gasteiger partial charge in [-0.2, -0.15) is 0 Å². The molecule has 0 amide bonds. The number of benzene rings is 1. The van der Waals surface area contributed by atoms with E-state index in [1.165, 1.54) is 15.7 Å². The Labute approximate surface area is 116 Å². The van der Waals surface area contributed by atoms with Crippen LogP contribution in [-0.2, 0) is 19.9 Å². The first-order chi connectivity index (χ1) is 9.56. The van der Waals surface area contributed by atoms with Crippen LogP contribution in [0.4, 0.5) is 0 Å². The minimum atomic E-state index is -1.08. The van der Waals surface area contributed by atoms with E-state index < -0.39 is 5.97 Å². The van der Waals surface area contributed by atoms with Crippen molar-refractivity contribution in [3.8, 4) is 11.3 Å². The summed E-state index contributed by atoms with van der Waals surface area (Å²) in [5.74, 6) is -1.08. The first kappa shape index (κ1) is 12.7. The molecule has 1 heterocycles. The van der Waals surface area contributed by atoms with Crippen LogP contribution in [0.3, 0.4) is 0 Å². The van der Waals surface area contributed by atoms with E-state index in [0.717, 1.165) is 30.9 Å². The molecule has 0 saturated carbocycles. The molecule has 1 aliphatic carbocycles. The van der Waals surface area contributed by atoms with Gasteiger partial charge in [0.25, 0.3) is 5.56 Å². The Bertz CT molecular complexity index is 759. The number of aryl methyl sites for hydroxylation is 2. The van der Waals surface area contributed by atoms with Crippen molar-refractivity contribution in [3.63, 3.8) is 0 Å². The molecule has 0 saturated heterocycles. The van der Waals surface area contributed by atoms with Crippen LogP contribution in [0.15, 0.2) is 35.1 Å². The van der Waals surface area contributed by atoms with Gasteiger partial charge >= 0.3 is 5.97 Å². The number of carboxylic acid groups (broad SMARTS) is 1. The van der Waals surface area contributed by atoms with E-state index >= 15 is 0 Å². The van der Waals surface area contributed by atoms with Crippen molar-refractivity contribution in [1.29, 1.82) is 0 Å². The maximum Gasteiger partial charge on any atom is 0.335 e. The summed E-state index contributed by atoms with van der Waals surface area (Å²) in [6.45, 7) is 0. The Morgan fingerprint density at radius 3 is 2.65 bits per heavy atom.